The number of anilines is 1. The number of rotatable bonds is 4. The molecule has 0 fully saturated rings. The van der Waals surface area contributed by atoms with E-state index in [9.17, 15) is 13.2 Å². The van der Waals surface area contributed by atoms with Crippen molar-refractivity contribution in [3.05, 3.63) is 23.9 Å². The second-order valence-electron chi connectivity index (χ2n) is 5.42. The molecular weight excluding hydrogens is 257 g/mol. The van der Waals surface area contributed by atoms with Crippen LogP contribution < -0.4 is 4.90 Å². The van der Waals surface area contributed by atoms with Crippen molar-refractivity contribution in [2.75, 3.05) is 24.6 Å². The number of alkyl halides is 3. The minimum Gasteiger partial charge on any atom is -0.395 e. The number of aliphatic hydroxyl groups excluding tert-OH is 1. The molecule has 0 saturated carbocycles. The monoisotopic (exact) mass is 276 g/mol. The first kappa shape index (κ1) is 15.8. The Morgan fingerprint density at radius 2 is 1.84 bits per heavy atom. The van der Waals surface area contributed by atoms with Crippen LogP contribution in [-0.4, -0.2) is 36.0 Å². The predicted molar refractivity (Wildman–Crippen MR) is 68.3 cm³/mol. The third kappa shape index (κ3) is 5.06. The lowest BCUT2D eigenvalue weighted by Gasteiger charge is -2.25. The van der Waals surface area contributed by atoms with Crippen molar-refractivity contribution in [3.8, 4) is 0 Å². The van der Waals surface area contributed by atoms with Crippen molar-refractivity contribution in [3.63, 3.8) is 0 Å². The topological polar surface area (TPSA) is 36.4 Å². The normalized spacial score (nSPS) is 12.6. The Labute approximate surface area is 111 Å². The second kappa shape index (κ2) is 5.77. The molecule has 0 atom stereocenters. The first-order valence-corrected chi connectivity index (χ1v) is 6.02. The van der Waals surface area contributed by atoms with Gasteiger partial charge in [-0.25, -0.2) is 4.98 Å². The third-order valence-corrected chi connectivity index (χ3v) is 2.68. The van der Waals surface area contributed by atoms with Crippen molar-refractivity contribution in [1.82, 2.24) is 4.98 Å². The van der Waals surface area contributed by atoms with Gasteiger partial charge in [0.25, 0.3) is 0 Å². The van der Waals surface area contributed by atoms with Crippen LogP contribution in [0.5, 0.6) is 0 Å². The number of aromatic nitrogens is 1. The summed E-state index contributed by atoms with van der Waals surface area (Å²) in [5, 5.41) is 8.84. The molecule has 108 valence electrons. The molecule has 0 spiro atoms. The molecular formula is C13H19F3N2O. The molecule has 0 radical (unpaired) electrons. The van der Waals surface area contributed by atoms with E-state index in [4.69, 9.17) is 5.11 Å². The summed E-state index contributed by atoms with van der Waals surface area (Å²) >= 11 is 0. The van der Waals surface area contributed by atoms with Crippen LogP contribution in [0.25, 0.3) is 0 Å². The van der Waals surface area contributed by atoms with Crippen LogP contribution in [0, 0.1) is 0 Å². The van der Waals surface area contributed by atoms with E-state index in [0.717, 1.165) is 10.5 Å². The molecule has 1 N–H and O–H groups in total. The molecule has 19 heavy (non-hydrogen) atoms. The van der Waals surface area contributed by atoms with Crippen molar-refractivity contribution in [2.45, 2.75) is 32.4 Å². The molecule has 0 unspecified atom stereocenters. The fourth-order valence-electron chi connectivity index (χ4n) is 1.63. The molecule has 0 bridgehead atoms. The van der Waals surface area contributed by atoms with Gasteiger partial charge in [0.15, 0.2) is 0 Å². The van der Waals surface area contributed by atoms with E-state index in [0.29, 0.717) is 0 Å². The maximum atomic E-state index is 12.4. The van der Waals surface area contributed by atoms with Crippen LogP contribution in [0.4, 0.5) is 19.0 Å². The van der Waals surface area contributed by atoms with Crippen molar-refractivity contribution in [1.29, 1.82) is 0 Å². The quantitative estimate of drug-likeness (QED) is 0.918. The molecule has 0 amide bonds. The zero-order chi connectivity index (χ0) is 14.7. The van der Waals surface area contributed by atoms with Crippen molar-refractivity contribution >= 4 is 5.82 Å². The molecule has 1 rings (SSSR count). The van der Waals surface area contributed by atoms with E-state index < -0.39 is 12.7 Å². The van der Waals surface area contributed by atoms with Crippen LogP contribution in [0.3, 0.4) is 0 Å². The predicted octanol–water partition coefficient (Wildman–Crippen LogP) is 2.74. The fourth-order valence-corrected chi connectivity index (χ4v) is 1.63. The summed E-state index contributed by atoms with van der Waals surface area (Å²) in [5.74, 6) is 0.222. The Kier molecular flexibility index (Phi) is 4.79. The highest BCUT2D eigenvalue weighted by Gasteiger charge is 2.31. The van der Waals surface area contributed by atoms with Crippen molar-refractivity contribution in [2.24, 2.45) is 0 Å². The number of aliphatic hydroxyl groups is 1. The van der Waals surface area contributed by atoms with E-state index in [1.165, 1.54) is 0 Å². The van der Waals surface area contributed by atoms with E-state index in [1.54, 1.807) is 18.3 Å². The van der Waals surface area contributed by atoms with Gasteiger partial charge in [0.2, 0.25) is 0 Å². The first-order valence-electron chi connectivity index (χ1n) is 6.02. The molecule has 0 aliphatic carbocycles. The summed E-state index contributed by atoms with van der Waals surface area (Å²) in [7, 11) is 0. The van der Waals surface area contributed by atoms with Gasteiger partial charge < -0.3 is 10.0 Å². The third-order valence-electron chi connectivity index (χ3n) is 2.68. The summed E-state index contributed by atoms with van der Waals surface area (Å²) in [4.78, 5) is 5.08. The lowest BCUT2D eigenvalue weighted by atomic mass is 9.88. The van der Waals surface area contributed by atoms with Crippen molar-refractivity contribution < 1.29 is 18.3 Å². The zero-order valence-corrected chi connectivity index (χ0v) is 11.3. The van der Waals surface area contributed by atoms with Crippen LogP contribution in [0.2, 0.25) is 0 Å². The van der Waals surface area contributed by atoms with Gasteiger partial charge in [0.05, 0.1) is 6.61 Å². The Morgan fingerprint density at radius 3 is 2.21 bits per heavy atom. The van der Waals surface area contributed by atoms with E-state index in [2.05, 4.69) is 4.98 Å². The lowest BCUT2D eigenvalue weighted by molar-refractivity contribution is -0.120. The van der Waals surface area contributed by atoms with Gasteiger partial charge in [-0.3, -0.25) is 0 Å². The SMILES string of the molecule is CC(C)(C)c1ccc(N(CCO)CC(F)(F)F)nc1. The Hall–Kier alpha value is -1.30. The maximum Gasteiger partial charge on any atom is 0.405 e. The molecule has 0 saturated heterocycles. The Bertz CT molecular complexity index is 396. The van der Waals surface area contributed by atoms with Gasteiger partial charge in [-0.15, -0.1) is 0 Å². The van der Waals surface area contributed by atoms with Gasteiger partial charge in [0, 0.05) is 12.7 Å². The van der Waals surface area contributed by atoms with Gasteiger partial charge in [-0.05, 0) is 17.0 Å². The van der Waals surface area contributed by atoms with E-state index in [-0.39, 0.29) is 24.4 Å². The molecule has 6 heteroatoms. The molecule has 1 heterocycles. The smallest absolute Gasteiger partial charge is 0.395 e. The first-order chi connectivity index (χ1) is 8.63. The van der Waals surface area contributed by atoms with E-state index >= 15 is 0 Å². The van der Waals surface area contributed by atoms with Crippen LogP contribution in [0.15, 0.2) is 18.3 Å². The van der Waals surface area contributed by atoms with Crippen LogP contribution in [0.1, 0.15) is 26.3 Å². The molecule has 0 aliphatic heterocycles. The zero-order valence-electron chi connectivity index (χ0n) is 11.3. The number of halogens is 3. The standard InChI is InChI=1S/C13H19F3N2O/c1-12(2,3)10-4-5-11(17-8-10)18(6-7-19)9-13(14,15)16/h4-5,8,19H,6-7,9H2,1-3H3. The van der Waals surface area contributed by atoms with Crippen LogP contribution >= 0.6 is 0 Å². The fraction of sp³-hybridized carbons (Fsp3) is 0.615. The number of pyridine rings is 1. The van der Waals surface area contributed by atoms with Gasteiger partial charge in [-0.2, -0.15) is 13.2 Å². The lowest BCUT2D eigenvalue weighted by Crippen LogP contribution is -2.36. The summed E-state index contributed by atoms with van der Waals surface area (Å²) < 4.78 is 37.3. The summed E-state index contributed by atoms with van der Waals surface area (Å²) in [6.45, 7) is 4.45. The van der Waals surface area contributed by atoms with Gasteiger partial charge >= 0.3 is 6.18 Å². The highest BCUT2D eigenvalue weighted by atomic mass is 19.4. The van der Waals surface area contributed by atoms with Gasteiger partial charge in [-0.1, -0.05) is 26.8 Å². The average Bonchev–Trinajstić information content (AvgIpc) is 2.26. The highest BCUT2D eigenvalue weighted by Crippen LogP contribution is 2.24. The minimum atomic E-state index is -4.32. The Morgan fingerprint density at radius 1 is 1.21 bits per heavy atom. The van der Waals surface area contributed by atoms with Gasteiger partial charge in [0.1, 0.15) is 12.4 Å². The molecule has 1 aromatic heterocycles. The molecule has 0 aliphatic rings. The summed E-state index contributed by atoms with van der Waals surface area (Å²) in [5.41, 5.74) is 0.851. The minimum absolute atomic E-state index is 0.0959. The average molecular weight is 276 g/mol. The summed E-state index contributed by atoms with van der Waals surface area (Å²) in [6.07, 6.45) is -2.74. The summed E-state index contributed by atoms with van der Waals surface area (Å²) in [6, 6.07) is 3.32. The Balaban J connectivity index is 2.91. The number of nitrogens with zero attached hydrogens (tertiary/aromatic N) is 2. The number of hydrogen-bond acceptors (Lipinski definition) is 3. The van der Waals surface area contributed by atoms with Crippen LogP contribution in [-0.2, 0) is 5.41 Å². The molecule has 0 aromatic carbocycles. The van der Waals surface area contributed by atoms with E-state index in [1.807, 2.05) is 20.8 Å². The molecule has 3 nitrogen and oxygen atoms in total. The second-order valence-corrected chi connectivity index (χ2v) is 5.42. The molecule has 1 aromatic rings. The maximum absolute atomic E-state index is 12.4. The largest absolute Gasteiger partial charge is 0.405 e. The highest BCUT2D eigenvalue weighted by molar-refractivity contribution is 5.40. The number of hydrogen-bond donors (Lipinski definition) is 1.